The number of aliphatic hydroxyl groups is 1. The van der Waals surface area contributed by atoms with Gasteiger partial charge >= 0.3 is 0 Å². The van der Waals surface area contributed by atoms with E-state index in [1.54, 1.807) is 6.07 Å². The highest BCUT2D eigenvalue weighted by molar-refractivity contribution is 5.76. The monoisotopic (exact) mass is 284 g/mol. The molecule has 21 heavy (non-hydrogen) atoms. The maximum Gasteiger partial charge on any atom is 0.135 e. The molecule has 4 heteroatoms. The first-order valence-corrected chi connectivity index (χ1v) is 7.07. The van der Waals surface area contributed by atoms with Crippen LogP contribution in [0, 0.1) is 5.82 Å². The van der Waals surface area contributed by atoms with Crippen molar-refractivity contribution >= 4 is 11.0 Å². The van der Waals surface area contributed by atoms with E-state index in [2.05, 4.69) is 17.1 Å². The van der Waals surface area contributed by atoms with Gasteiger partial charge in [0, 0.05) is 12.6 Å². The van der Waals surface area contributed by atoms with Crippen LogP contribution >= 0.6 is 0 Å². The molecule has 1 heterocycles. The molecular formula is C17H17FN2O. The van der Waals surface area contributed by atoms with E-state index in [9.17, 15) is 9.50 Å². The van der Waals surface area contributed by atoms with Crippen LogP contribution in [0.4, 0.5) is 4.39 Å². The van der Waals surface area contributed by atoms with E-state index < -0.39 is 0 Å². The highest BCUT2D eigenvalue weighted by Crippen LogP contribution is 2.18. The molecule has 0 saturated heterocycles. The Labute approximate surface area is 122 Å². The number of rotatable bonds is 5. The zero-order valence-corrected chi connectivity index (χ0v) is 11.7. The summed E-state index contributed by atoms with van der Waals surface area (Å²) in [5.74, 6) is 0.282. The Hall–Kier alpha value is -2.20. The van der Waals surface area contributed by atoms with Crippen molar-refractivity contribution in [3.8, 4) is 0 Å². The van der Waals surface area contributed by atoms with Crippen molar-refractivity contribution in [1.29, 1.82) is 0 Å². The van der Waals surface area contributed by atoms with Crippen LogP contribution in [-0.2, 0) is 19.6 Å². The van der Waals surface area contributed by atoms with Gasteiger partial charge < -0.3 is 9.67 Å². The van der Waals surface area contributed by atoms with E-state index >= 15 is 0 Å². The Balaban J connectivity index is 1.79. The summed E-state index contributed by atoms with van der Waals surface area (Å²) in [4.78, 5) is 4.29. The second-order valence-electron chi connectivity index (χ2n) is 5.06. The molecule has 0 saturated carbocycles. The molecule has 0 amide bonds. The van der Waals surface area contributed by atoms with Crippen molar-refractivity contribution in [2.75, 3.05) is 0 Å². The standard InChI is InChI=1S/C17H17FN2O/c18-14-8-9-16-15(11-14)19-17(12-21)20(16)10-4-7-13-5-2-1-3-6-13/h1-3,5-6,8-9,11,21H,4,7,10,12H2. The summed E-state index contributed by atoms with van der Waals surface area (Å²) in [6.07, 6.45) is 1.91. The molecule has 3 nitrogen and oxygen atoms in total. The third kappa shape index (κ3) is 2.95. The van der Waals surface area contributed by atoms with Crippen molar-refractivity contribution in [3.05, 3.63) is 65.7 Å². The molecule has 1 aromatic heterocycles. The van der Waals surface area contributed by atoms with Gasteiger partial charge in [-0.15, -0.1) is 0 Å². The van der Waals surface area contributed by atoms with Crippen molar-refractivity contribution < 1.29 is 9.50 Å². The molecule has 2 aromatic carbocycles. The van der Waals surface area contributed by atoms with Crippen LogP contribution in [0.2, 0.25) is 0 Å². The molecule has 0 aliphatic carbocycles. The van der Waals surface area contributed by atoms with Crippen LogP contribution in [0.1, 0.15) is 17.8 Å². The molecule has 0 fully saturated rings. The Bertz CT molecular complexity index is 737. The lowest BCUT2D eigenvalue weighted by molar-refractivity contribution is 0.265. The van der Waals surface area contributed by atoms with Crippen molar-refractivity contribution in [3.63, 3.8) is 0 Å². The zero-order chi connectivity index (χ0) is 14.7. The smallest absolute Gasteiger partial charge is 0.135 e. The number of aliphatic hydroxyl groups excluding tert-OH is 1. The van der Waals surface area contributed by atoms with E-state index in [1.165, 1.54) is 17.7 Å². The van der Waals surface area contributed by atoms with Crippen LogP contribution in [0.15, 0.2) is 48.5 Å². The second-order valence-corrected chi connectivity index (χ2v) is 5.06. The van der Waals surface area contributed by atoms with Crippen molar-refractivity contribution in [2.45, 2.75) is 26.0 Å². The van der Waals surface area contributed by atoms with Crippen LogP contribution in [0.3, 0.4) is 0 Å². The number of aryl methyl sites for hydroxylation is 2. The van der Waals surface area contributed by atoms with Gasteiger partial charge in [0.05, 0.1) is 11.0 Å². The summed E-state index contributed by atoms with van der Waals surface area (Å²) in [5, 5.41) is 9.43. The molecule has 0 aliphatic heterocycles. The molecule has 1 N–H and O–H groups in total. The van der Waals surface area contributed by atoms with Gasteiger partial charge in [0.25, 0.3) is 0 Å². The summed E-state index contributed by atoms with van der Waals surface area (Å²) in [7, 11) is 0. The van der Waals surface area contributed by atoms with Gasteiger partial charge in [-0.3, -0.25) is 0 Å². The Morgan fingerprint density at radius 3 is 2.67 bits per heavy atom. The minimum absolute atomic E-state index is 0.137. The molecule has 0 unspecified atom stereocenters. The third-order valence-corrected chi connectivity index (χ3v) is 3.62. The number of hydrogen-bond donors (Lipinski definition) is 1. The molecule has 0 spiro atoms. The SMILES string of the molecule is OCc1nc2cc(F)ccc2n1CCCc1ccccc1. The van der Waals surface area contributed by atoms with E-state index in [1.807, 2.05) is 22.8 Å². The number of halogens is 1. The fourth-order valence-corrected chi connectivity index (χ4v) is 2.61. The predicted molar refractivity (Wildman–Crippen MR) is 80.4 cm³/mol. The molecule has 3 rings (SSSR count). The van der Waals surface area contributed by atoms with Gasteiger partial charge in [0.2, 0.25) is 0 Å². The van der Waals surface area contributed by atoms with Gasteiger partial charge in [-0.2, -0.15) is 0 Å². The summed E-state index contributed by atoms with van der Waals surface area (Å²) in [6.45, 7) is 0.620. The Morgan fingerprint density at radius 1 is 1.10 bits per heavy atom. The lowest BCUT2D eigenvalue weighted by atomic mass is 10.1. The largest absolute Gasteiger partial charge is 0.388 e. The first-order valence-electron chi connectivity index (χ1n) is 7.07. The first-order chi connectivity index (χ1) is 10.3. The van der Waals surface area contributed by atoms with Gasteiger partial charge in [-0.05, 0) is 30.5 Å². The maximum absolute atomic E-state index is 13.2. The normalized spacial score (nSPS) is 11.1. The quantitative estimate of drug-likeness (QED) is 0.780. The number of benzene rings is 2. The van der Waals surface area contributed by atoms with Gasteiger partial charge in [0.1, 0.15) is 18.2 Å². The van der Waals surface area contributed by atoms with Crippen molar-refractivity contribution in [2.24, 2.45) is 0 Å². The highest BCUT2D eigenvalue weighted by Gasteiger charge is 2.10. The summed E-state index contributed by atoms with van der Waals surface area (Å²) >= 11 is 0. The lowest BCUT2D eigenvalue weighted by Crippen LogP contribution is -2.05. The second kappa shape index (κ2) is 6.06. The topological polar surface area (TPSA) is 38.1 Å². The van der Waals surface area contributed by atoms with Gasteiger partial charge in [-0.1, -0.05) is 30.3 Å². The molecule has 0 aliphatic rings. The Morgan fingerprint density at radius 2 is 1.90 bits per heavy atom. The predicted octanol–water partition coefficient (Wildman–Crippen LogP) is 3.30. The van der Waals surface area contributed by atoms with Crippen LogP contribution in [0.5, 0.6) is 0 Å². The minimum Gasteiger partial charge on any atom is -0.388 e. The van der Waals surface area contributed by atoms with Gasteiger partial charge in [0.15, 0.2) is 0 Å². The number of imidazole rings is 1. The van der Waals surface area contributed by atoms with Crippen molar-refractivity contribution in [1.82, 2.24) is 9.55 Å². The fourth-order valence-electron chi connectivity index (χ4n) is 2.61. The van der Waals surface area contributed by atoms with Crippen LogP contribution < -0.4 is 0 Å². The lowest BCUT2D eigenvalue weighted by Gasteiger charge is -2.08. The maximum atomic E-state index is 13.2. The molecule has 0 radical (unpaired) electrons. The molecular weight excluding hydrogens is 267 g/mol. The zero-order valence-electron chi connectivity index (χ0n) is 11.7. The molecule has 0 bridgehead atoms. The highest BCUT2D eigenvalue weighted by atomic mass is 19.1. The van der Waals surface area contributed by atoms with Crippen LogP contribution in [0.25, 0.3) is 11.0 Å². The fraction of sp³-hybridized carbons (Fsp3) is 0.235. The molecule has 108 valence electrons. The molecule has 3 aromatic rings. The summed E-state index contributed by atoms with van der Waals surface area (Å²) in [5.41, 5.74) is 2.76. The van der Waals surface area contributed by atoms with E-state index in [4.69, 9.17) is 0 Å². The average molecular weight is 284 g/mol. The van der Waals surface area contributed by atoms with Crippen LogP contribution in [-0.4, -0.2) is 14.7 Å². The summed E-state index contributed by atoms with van der Waals surface area (Å²) < 4.78 is 15.2. The first kappa shape index (κ1) is 13.8. The van der Waals surface area contributed by atoms with E-state index in [0.717, 1.165) is 24.9 Å². The van der Waals surface area contributed by atoms with E-state index in [-0.39, 0.29) is 12.4 Å². The number of nitrogens with zero attached hydrogens (tertiary/aromatic N) is 2. The molecule has 0 atom stereocenters. The number of fused-ring (bicyclic) bond motifs is 1. The van der Waals surface area contributed by atoms with E-state index in [0.29, 0.717) is 11.3 Å². The number of hydrogen-bond acceptors (Lipinski definition) is 2. The number of aromatic nitrogens is 2. The summed E-state index contributed by atoms with van der Waals surface area (Å²) in [6, 6.07) is 14.8. The third-order valence-electron chi connectivity index (χ3n) is 3.62. The minimum atomic E-state index is -0.305. The average Bonchev–Trinajstić information content (AvgIpc) is 2.85. The van der Waals surface area contributed by atoms with Gasteiger partial charge in [-0.25, -0.2) is 9.37 Å². The Kier molecular flexibility index (Phi) is 3.97.